The molecule has 94 valence electrons. The maximum Gasteiger partial charge on any atom is 0.123 e. The molecule has 1 saturated carbocycles. The molecule has 0 aliphatic heterocycles. The first-order chi connectivity index (χ1) is 8.29. The second kappa shape index (κ2) is 6.03. The van der Waals surface area contributed by atoms with E-state index in [9.17, 15) is 0 Å². The topological polar surface area (TPSA) is 41.5 Å². The van der Waals surface area contributed by atoms with Gasteiger partial charge in [-0.15, -0.1) is 0 Å². The summed E-state index contributed by atoms with van der Waals surface area (Å²) < 4.78 is 5.69. The summed E-state index contributed by atoms with van der Waals surface area (Å²) in [5.41, 5.74) is 2.47. The minimum Gasteiger partial charge on any atom is -0.493 e. The Labute approximate surface area is 103 Å². The summed E-state index contributed by atoms with van der Waals surface area (Å²) in [4.78, 5) is 0. The van der Waals surface area contributed by atoms with Gasteiger partial charge in [0.1, 0.15) is 5.75 Å². The highest BCUT2D eigenvalue weighted by molar-refractivity contribution is 5.36. The Kier molecular flexibility index (Phi) is 4.40. The lowest BCUT2D eigenvalue weighted by molar-refractivity contribution is 0.232. The molecule has 0 bridgehead atoms. The van der Waals surface area contributed by atoms with E-state index in [1.165, 1.54) is 24.0 Å². The van der Waals surface area contributed by atoms with Gasteiger partial charge in [0.15, 0.2) is 0 Å². The van der Waals surface area contributed by atoms with Crippen LogP contribution in [-0.2, 0) is 6.54 Å². The number of rotatable bonds is 7. The van der Waals surface area contributed by atoms with Crippen LogP contribution in [0.2, 0.25) is 0 Å². The fraction of sp³-hybridized carbons (Fsp3) is 0.571. The van der Waals surface area contributed by atoms with Gasteiger partial charge in [0, 0.05) is 31.2 Å². The molecule has 0 aromatic heterocycles. The summed E-state index contributed by atoms with van der Waals surface area (Å²) in [5.74, 6) is 0.942. The number of ether oxygens (including phenoxy) is 1. The fourth-order valence-electron chi connectivity index (χ4n) is 1.78. The van der Waals surface area contributed by atoms with E-state index in [1.807, 2.05) is 6.07 Å². The van der Waals surface area contributed by atoms with Crippen LogP contribution in [0.4, 0.5) is 0 Å². The van der Waals surface area contributed by atoms with Crippen LogP contribution in [0.5, 0.6) is 5.75 Å². The van der Waals surface area contributed by atoms with E-state index in [1.54, 1.807) is 0 Å². The van der Waals surface area contributed by atoms with Gasteiger partial charge >= 0.3 is 0 Å². The number of hydrogen-bond donors (Lipinski definition) is 2. The predicted molar refractivity (Wildman–Crippen MR) is 68.2 cm³/mol. The van der Waals surface area contributed by atoms with Crippen LogP contribution in [0, 0.1) is 6.92 Å². The number of aliphatic hydroxyl groups is 1. The molecule has 0 amide bonds. The molecule has 0 heterocycles. The number of nitrogens with one attached hydrogen (secondary N) is 1. The summed E-state index contributed by atoms with van der Waals surface area (Å²) in [6, 6.07) is 6.97. The van der Waals surface area contributed by atoms with Gasteiger partial charge in [0.2, 0.25) is 0 Å². The maximum atomic E-state index is 8.75. The highest BCUT2D eigenvalue weighted by Crippen LogP contribution is 2.23. The average Bonchev–Trinajstić information content (AvgIpc) is 3.13. The van der Waals surface area contributed by atoms with E-state index in [-0.39, 0.29) is 6.61 Å². The molecular weight excluding hydrogens is 214 g/mol. The van der Waals surface area contributed by atoms with Crippen molar-refractivity contribution in [3.05, 3.63) is 29.3 Å². The third-order valence-electron chi connectivity index (χ3n) is 2.93. The number of aryl methyl sites for hydroxylation is 1. The molecule has 1 aromatic rings. The summed E-state index contributed by atoms with van der Waals surface area (Å²) in [6.45, 7) is 3.73. The number of aliphatic hydroxyl groups excluding tert-OH is 1. The lowest BCUT2D eigenvalue weighted by atomic mass is 10.1. The molecule has 0 radical (unpaired) electrons. The first kappa shape index (κ1) is 12.4. The molecule has 0 atom stereocenters. The summed E-state index contributed by atoms with van der Waals surface area (Å²) >= 11 is 0. The van der Waals surface area contributed by atoms with Crippen LogP contribution in [0.1, 0.15) is 30.4 Å². The smallest absolute Gasteiger partial charge is 0.123 e. The first-order valence-corrected chi connectivity index (χ1v) is 6.36. The van der Waals surface area contributed by atoms with Crippen molar-refractivity contribution in [2.75, 3.05) is 13.2 Å². The molecular formula is C14H21NO2. The van der Waals surface area contributed by atoms with Gasteiger partial charge in [-0.1, -0.05) is 17.7 Å². The minimum absolute atomic E-state index is 0.182. The van der Waals surface area contributed by atoms with Gasteiger partial charge in [0.25, 0.3) is 0 Å². The van der Waals surface area contributed by atoms with Gasteiger partial charge in [-0.3, -0.25) is 0 Å². The van der Waals surface area contributed by atoms with Gasteiger partial charge in [-0.2, -0.15) is 0 Å². The number of hydrogen-bond acceptors (Lipinski definition) is 3. The Bertz CT molecular complexity index is 361. The molecule has 1 fully saturated rings. The van der Waals surface area contributed by atoms with Crippen LogP contribution in [0.15, 0.2) is 18.2 Å². The quantitative estimate of drug-likeness (QED) is 0.710. The van der Waals surface area contributed by atoms with Crippen molar-refractivity contribution in [2.45, 2.75) is 38.8 Å². The molecule has 0 unspecified atom stereocenters. The third kappa shape index (κ3) is 4.02. The molecule has 3 heteroatoms. The SMILES string of the molecule is Cc1ccc(OCCCO)c(CNC2CC2)c1. The Balaban J connectivity index is 1.95. The minimum atomic E-state index is 0.182. The molecule has 1 aromatic carbocycles. The monoisotopic (exact) mass is 235 g/mol. The largest absolute Gasteiger partial charge is 0.493 e. The Hall–Kier alpha value is -1.06. The summed E-state index contributed by atoms with van der Waals surface area (Å²) in [6.07, 6.45) is 3.28. The highest BCUT2D eigenvalue weighted by Gasteiger charge is 2.20. The second-order valence-electron chi connectivity index (χ2n) is 4.69. The number of benzene rings is 1. The predicted octanol–water partition coefficient (Wildman–Crippen LogP) is 2.01. The Morgan fingerprint density at radius 2 is 2.24 bits per heavy atom. The maximum absolute atomic E-state index is 8.75. The van der Waals surface area contributed by atoms with Crippen molar-refractivity contribution in [1.82, 2.24) is 5.32 Å². The Morgan fingerprint density at radius 3 is 2.94 bits per heavy atom. The van der Waals surface area contributed by atoms with E-state index < -0.39 is 0 Å². The van der Waals surface area contributed by atoms with Crippen LogP contribution < -0.4 is 10.1 Å². The van der Waals surface area contributed by atoms with Crippen LogP contribution in [0.25, 0.3) is 0 Å². The van der Waals surface area contributed by atoms with Gasteiger partial charge in [-0.25, -0.2) is 0 Å². The van der Waals surface area contributed by atoms with Gasteiger partial charge in [0.05, 0.1) is 6.61 Å². The van der Waals surface area contributed by atoms with Crippen LogP contribution in [-0.4, -0.2) is 24.4 Å². The zero-order valence-electron chi connectivity index (χ0n) is 10.4. The van der Waals surface area contributed by atoms with Crippen molar-refractivity contribution in [3.8, 4) is 5.75 Å². The second-order valence-corrected chi connectivity index (χ2v) is 4.69. The van der Waals surface area contributed by atoms with E-state index in [0.717, 1.165) is 12.3 Å². The molecule has 2 N–H and O–H groups in total. The van der Waals surface area contributed by atoms with E-state index in [4.69, 9.17) is 9.84 Å². The lowest BCUT2D eigenvalue weighted by Crippen LogP contribution is -2.16. The third-order valence-corrected chi connectivity index (χ3v) is 2.93. The van der Waals surface area contributed by atoms with Crippen LogP contribution >= 0.6 is 0 Å². The van der Waals surface area contributed by atoms with E-state index in [2.05, 4.69) is 24.4 Å². The first-order valence-electron chi connectivity index (χ1n) is 6.36. The van der Waals surface area contributed by atoms with Crippen molar-refractivity contribution in [2.24, 2.45) is 0 Å². The summed E-state index contributed by atoms with van der Waals surface area (Å²) in [5, 5.41) is 12.3. The molecule has 1 aliphatic carbocycles. The zero-order valence-corrected chi connectivity index (χ0v) is 10.4. The Morgan fingerprint density at radius 1 is 1.41 bits per heavy atom. The molecule has 2 rings (SSSR count). The molecule has 1 aliphatic rings. The van der Waals surface area contributed by atoms with Crippen molar-refractivity contribution >= 4 is 0 Å². The van der Waals surface area contributed by atoms with Crippen molar-refractivity contribution in [3.63, 3.8) is 0 Å². The lowest BCUT2D eigenvalue weighted by Gasteiger charge is -2.12. The fourth-order valence-corrected chi connectivity index (χ4v) is 1.78. The van der Waals surface area contributed by atoms with E-state index in [0.29, 0.717) is 19.1 Å². The molecule has 3 nitrogen and oxygen atoms in total. The van der Waals surface area contributed by atoms with Crippen LogP contribution in [0.3, 0.4) is 0 Å². The van der Waals surface area contributed by atoms with E-state index >= 15 is 0 Å². The standard InChI is InChI=1S/C14H21NO2/c1-11-3-6-14(17-8-2-7-16)12(9-11)10-15-13-4-5-13/h3,6,9,13,15-16H,2,4-5,7-8,10H2,1H3. The molecule has 17 heavy (non-hydrogen) atoms. The van der Waals surface area contributed by atoms with Gasteiger partial charge in [-0.05, 0) is 25.8 Å². The summed E-state index contributed by atoms with van der Waals surface area (Å²) in [7, 11) is 0. The zero-order chi connectivity index (χ0) is 12.1. The van der Waals surface area contributed by atoms with Crippen molar-refractivity contribution < 1.29 is 9.84 Å². The molecule has 0 spiro atoms. The molecule has 0 saturated heterocycles. The highest BCUT2D eigenvalue weighted by atomic mass is 16.5. The average molecular weight is 235 g/mol. The normalized spacial score (nSPS) is 14.9. The van der Waals surface area contributed by atoms with Gasteiger partial charge < -0.3 is 15.2 Å². The van der Waals surface area contributed by atoms with Crippen molar-refractivity contribution in [1.29, 1.82) is 0 Å².